The van der Waals surface area contributed by atoms with E-state index in [4.69, 9.17) is 17.3 Å². The van der Waals surface area contributed by atoms with Crippen molar-refractivity contribution in [3.63, 3.8) is 0 Å². The number of halogens is 1. The van der Waals surface area contributed by atoms with Gasteiger partial charge in [0, 0.05) is 48.9 Å². The van der Waals surface area contributed by atoms with E-state index in [2.05, 4.69) is 9.98 Å². The van der Waals surface area contributed by atoms with Gasteiger partial charge < -0.3 is 10.3 Å². The van der Waals surface area contributed by atoms with E-state index >= 15 is 0 Å². The van der Waals surface area contributed by atoms with Crippen LogP contribution in [0.2, 0.25) is 5.02 Å². The predicted octanol–water partition coefficient (Wildman–Crippen LogP) is 2.69. The fourth-order valence-corrected chi connectivity index (χ4v) is 3.11. The van der Waals surface area contributed by atoms with Crippen LogP contribution in [-0.2, 0) is 7.05 Å². The minimum absolute atomic E-state index is 0.199. The van der Waals surface area contributed by atoms with Crippen LogP contribution in [0.25, 0.3) is 22.3 Å². The number of hydrogen-bond donors (Lipinski definition) is 1. The number of nitrogens with zero attached hydrogens (tertiary/aromatic N) is 4. The molecule has 6 nitrogen and oxygen atoms in total. The van der Waals surface area contributed by atoms with Crippen LogP contribution < -0.4 is 11.3 Å². The van der Waals surface area contributed by atoms with Crippen molar-refractivity contribution in [3.05, 3.63) is 63.4 Å². The van der Waals surface area contributed by atoms with Gasteiger partial charge in [-0.1, -0.05) is 11.6 Å². The van der Waals surface area contributed by atoms with Crippen LogP contribution in [0.3, 0.4) is 0 Å². The van der Waals surface area contributed by atoms with Crippen LogP contribution in [-0.4, -0.2) is 27.4 Å². The first-order chi connectivity index (χ1) is 12.0. The third-order valence-electron chi connectivity index (χ3n) is 4.05. The number of hydrogen-bond acceptors (Lipinski definition) is 4. The highest BCUT2D eigenvalue weighted by Crippen LogP contribution is 2.24. The van der Waals surface area contributed by atoms with Crippen molar-refractivity contribution >= 4 is 34.4 Å². The zero-order valence-corrected chi connectivity index (χ0v) is 14.9. The summed E-state index contributed by atoms with van der Waals surface area (Å²) >= 11 is 6.04. The summed E-state index contributed by atoms with van der Waals surface area (Å²) in [4.78, 5) is 21.3. The molecule has 2 aromatic heterocycles. The molecule has 0 aliphatic rings. The summed E-state index contributed by atoms with van der Waals surface area (Å²) in [5, 5.41) is 0.620. The molecule has 0 bridgehead atoms. The molecule has 0 amide bonds. The average molecular weight is 356 g/mol. The van der Waals surface area contributed by atoms with Gasteiger partial charge in [0.2, 0.25) is 0 Å². The fourth-order valence-electron chi connectivity index (χ4n) is 2.89. The number of rotatable bonds is 3. The van der Waals surface area contributed by atoms with E-state index in [0.717, 1.165) is 16.8 Å². The Labute approximate surface area is 149 Å². The van der Waals surface area contributed by atoms with Crippen LogP contribution in [0.1, 0.15) is 11.1 Å². The number of aryl methyl sites for hydroxylation is 2. The lowest BCUT2D eigenvalue weighted by atomic mass is 10.1. The molecule has 0 saturated carbocycles. The highest BCUT2D eigenvalue weighted by atomic mass is 35.5. The Hall–Kier alpha value is -2.86. The molecule has 0 radical (unpaired) electrons. The number of benzene rings is 1. The number of allylic oxidation sites excluding steroid dienone is 1. The van der Waals surface area contributed by atoms with Crippen LogP contribution in [0.4, 0.5) is 0 Å². The number of imidazole rings is 1. The molecule has 3 rings (SSSR count). The van der Waals surface area contributed by atoms with E-state index in [1.54, 1.807) is 41.0 Å². The van der Waals surface area contributed by atoms with E-state index in [1.807, 2.05) is 26.1 Å². The fraction of sp³-hybridized carbons (Fsp3) is 0.167. The standard InChI is InChI=1S/C18H18ClN5O/c1-11-6-13(19)4-5-15(11)24-9-14(12(7-20)8-21-2)17-16(18(24)25)22-10-23(17)3/h4-10H,20H2,1-3H3. The van der Waals surface area contributed by atoms with Crippen molar-refractivity contribution in [2.75, 3.05) is 7.05 Å². The molecule has 7 heteroatoms. The second-order valence-corrected chi connectivity index (χ2v) is 6.15. The lowest BCUT2D eigenvalue weighted by Gasteiger charge is -2.13. The molecule has 0 saturated heterocycles. The molecule has 0 aliphatic carbocycles. The van der Waals surface area contributed by atoms with Crippen LogP contribution in [0.5, 0.6) is 0 Å². The van der Waals surface area contributed by atoms with Gasteiger partial charge in [-0.3, -0.25) is 14.4 Å². The second-order valence-electron chi connectivity index (χ2n) is 5.71. The number of aliphatic imine (C=N–C) groups is 1. The summed E-state index contributed by atoms with van der Waals surface area (Å²) < 4.78 is 3.38. The Balaban J connectivity index is 2.42. The quantitative estimate of drug-likeness (QED) is 0.734. The molecule has 2 heterocycles. The van der Waals surface area contributed by atoms with E-state index in [0.29, 0.717) is 21.6 Å². The lowest BCUT2D eigenvalue weighted by molar-refractivity contribution is 0.941. The zero-order valence-electron chi connectivity index (χ0n) is 14.2. The van der Waals surface area contributed by atoms with Gasteiger partial charge in [0.05, 0.1) is 17.5 Å². The zero-order chi connectivity index (χ0) is 18.1. The summed E-state index contributed by atoms with van der Waals surface area (Å²) in [7, 11) is 3.51. The Morgan fingerprint density at radius 3 is 2.80 bits per heavy atom. The Bertz CT molecular complexity index is 1070. The average Bonchev–Trinajstić information content (AvgIpc) is 2.97. The SMILES string of the molecule is CN=CC(=CN)c1cn(-c2ccc(Cl)cc2C)c(=O)c2ncn(C)c12. The van der Waals surface area contributed by atoms with Crippen LogP contribution >= 0.6 is 11.6 Å². The number of nitrogens with two attached hydrogens (primary N) is 1. The third-order valence-corrected chi connectivity index (χ3v) is 4.28. The van der Waals surface area contributed by atoms with E-state index in [1.165, 1.54) is 6.20 Å². The molecular weight excluding hydrogens is 338 g/mol. The van der Waals surface area contributed by atoms with E-state index in [9.17, 15) is 4.79 Å². The largest absolute Gasteiger partial charge is 0.404 e. The maximum absolute atomic E-state index is 13.0. The maximum Gasteiger partial charge on any atom is 0.283 e. The van der Waals surface area contributed by atoms with Crippen molar-refractivity contribution in [1.29, 1.82) is 0 Å². The molecule has 0 unspecified atom stereocenters. The molecule has 0 aliphatic heterocycles. The summed E-state index contributed by atoms with van der Waals surface area (Å²) in [5.74, 6) is 0. The van der Waals surface area contributed by atoms with Gasteiger partial charge in [0.25, 0.3) is 5.56 Å². The monoisotopic (exact) mass is 355 g/mol. The first-order valence-electron chi connectivity index (χ1n) is 7.65. The molecular formula is C18H18ClN5O. The van der Waals surface area contributed by atoms with Gasteiger partial charge in [-0.2, -0.15) is 0 Å². The number of pyridine rings is 1. The van der Waals surface area contributed by atoms with Gasteiger partial charge >= 0.3 is 0 Å². The minimum atomic E-state index is -0.199. The molecule has 3 aromatic rings. The first-order valence-corrected chi connectivity index (χ1v) is 8.03. The Morgan fingerprint density at radius 2 is 2.16 bits per heavy atom. The lowest BCUT2D eigenvalue weighted by Crippen LogP contribution is -2.20. The topological polar surface area (TPSA) is 78.2 Å². The van der Waals surface area contributed by atoms with Crippen LogP contribution in [0.15, 0.2) is 46.7 Å². The molecule has 0 spiro atoms. The molecule has 25 heavy (non-hydrogen) atoms. The third kappa shape index (κ3) is 2.85. The van der Waals surface area contributed by atoms with E-state index < -0.39 is 0 Å². The minimum Gasteiger partial charge on any atom is -0.404 e. The van der Waals surface area contributed by atoms with Gasteiger partial charge in [-0.15, -0.1) is 0 Å². The highest BCUT2D eigenvalue weighted by molar-refractivity contribution is 6.30. The molecule has 0 atom stereocenters. The van der Waals surface area contributed by atoms with Crippen molar-refractivity contribution in [2.45, 2.75) is 6.92 Å². The number of fused-ring (bicyclic) bond motifs is 1. The van der Waals surface area contributed by atoms with Gasteiger partial charge in [-0.25, -0.2) is 4.98 Å². The first kappa shape index (κ1) is 17.0. The van der Waals surface area contributed by atoms with Crippen molar-refractivity contribution < 1.29 is 0 Å². The molecule has 128 valence electrons. The van der Waals surface area contributed by atoms with E-state index in [-0.39, 0.29) is 5.56 Å². The summed E-state index contributed by atoms with van der Waals surface area (Å²) in [6, 6.07) is 5.39. The smallest absolute Gasteiger partial charge is 0.283 e. The predicted molar refractivity (Wildman–Crippen MR) is 103 cm³/mol. The molecule has 2 N–H and O–H groups in total. The van der Waals surface area contributed by atoms with Gasteiger partial charge in [-0.05, 0) is 30.7 Å². The summed E-state index contributed by atoms with van der Waals surface area (Å²) in [6.07, 6.45) is 6.51. The van der Waals surface area contributed by atoms with Crippen molar-refractivity contribution in [1.82, 2.24) is 14.1 Å². The second kappa shape index (κ2) is 6.57. The maximum atomic E-state index is 13.0. The number of aromatic nitrogens is 3. The molecule has 0 fully saturated rings. The van der Waals surface area contributed by atoms with Gasteiger partial charge in [0.1, 0.15) is 0 Å². The van der Waals surface area contributed by atoms with Gasteiger partial charge in [0.15, 0.2) is 5.52 Å². The Kier molecular flexibility index (Phi) is 4.46. The summed E-state index contributed by atoms with van der Waals surface area (Å²) in [5.41, 5.74) is 9.79. The molecule has 1 aromatic carbocycles. The van der Waals surface area contributed by atoms with Crippen LogP contribution in [0, 0.1) is 6.92 Å². The highest BCUT2D eigenvalue weighted by Gasteiger charge is 2.17. The Morgan fingerprint density at radius 1 is 1.40 bits per heavy atom. The normalized spacial score (nSPS) is 12.4. The summed E-state index contributed by atoms with van der Waals surface area (Å²) in [6.45, 7) is 1.91. The van der Waals surface area contributed by atoms with Crippen molar-refractivity contribution in [2.24, 2.45) is 17.8 Å². The van der Waals surface area contributed by atoms with Crippen molar-refractivity contribution in [3.8, 4) is 5.69 Å².